The van der Waals surface area contributed by atoms with Crippen LogP contribution in [0.5, 0.6) is 0 Å². The van der Waals surface area contributed by atoms with Crippen LogP contribution in [0.3, 0.4) is 0 Å². The van der Waals surface area contributed by atoms with E-state index in [1.807, 2.05) is 0 Å². The Bertz CT molecular complexity index is 641. The molecule has 3 aromatic carbocycles. The monoisotopic (exact) mass is 488 g/mol. The van der Waals surface area contributed by atoms with Gasteiger partial charge in [-0.1, -0.05) is 0 Å². The Hall–Kier alpha value is -1.13. The molecule has 0 aliphatic rings. The Labute approximate surface area is 134 Å². The van der Waals surface area contributed by atoms with Crippen LogP contribution in [0.25, 0.3) is 0 Å². The Morgan fingerprint density at radius 1 is 0.571 bits per heavy atom. The van der Waals surface area contributed by atoms with Gasteiger partial charge in [0.2, 0.25) is 0 Å². The molecule has 21 heavy (non-hydrogen) atoms. The van der Waals surface area contributed by atoms with Crippen LogP contribution in [0, 0.1) is 0 Å². The Kier molecular flexibility index (Phi) is 4.76. The quantitative estimate of drug-likeness (QED) is 0.492. The molecule has 0 bridgehead atoms. The van der Waals surface area contributed by atoms with Gasteiger partial charge >= 0.3 is 135 Å². The molecule has 104 valence electrons. The molecular formula is C19H17ClPb. The van der Waals surface area contributed by atoms with Crippen molar-refractivity contribution in [2.45, 2.75) is 3.98 Å². The minimum atomic E-state index is -3.31. The third-order valence-corrected chi connectivity index (χ3v) is 21.9. The molecule has 0 aliphatic carbocycles. The van der Waals surface area contributed by atoms with Crippen molar-refractivity contribution in [2.24, 2.45) is 0 Å². The number of hydrogen-bond acceptors (Lipinski definition) is 0. The van der Waals surface area contributed by atoms with Gasteiger partial charge in [-0.05, 0) is 0 Å². The zero-order valence-corrected chi connectivity index (χ0v) is 16.4. The van der Waals surface area contributed by atoms with Gasteiger partial charge in [-0.3, -0.25) is 0 Å². The topological polar surface area (TPSA) is 0 Å². The van der Waals surface area contributed by atoms with Crippen molar-refractivity contribution >= 4 is 34.5 Å². The fourth-order valence-corrected chi connectivity index (χ4v) is 17.8. The molecule has 0 aromatic heterocycles. The summed E-state index contributed by atoms with van der Waals surface area (Å²) in [6.07, 6.45) is 0. The standard InChI is InChI=1S/C7H7.2C6H5.ClH.Pb/c1-7-5-3-2-4-6-7;2*1-2-4-6-5-3-1;;/h2-6H,1H2;2*1-5H;1H;/q;;;;+1/p-1. The molecule has 0 unspecified atom stereocenters. The molecule has 0 heterocycles. The maximum atomic E-state index is 7.35. The molecule has 0 saturated carbocycles. The molecule has 0 fully saturated rings. The Balaban J connectivity index is 2.07. The molecule has 3 aromatic rings. The van der Waals surface area contributed by atoms with E-state index >= 15 is 0 Å². The second-order valence-electron chi connectivity index (χ2n) is 5.20. The maximum absolute atomic E-state index is 7.35. The molecule has 0 amide bonds. The van der Waals surface area contributed by atoms with E-state index in [9.17, 15) is 0 Å². The SMILES string of the molecule is [Cl][Pb]([CH2]c1ccccc1)([c]1ccccc1)[c]1ccccc1. The van der Waals surface area contributed by atoms with Crippen molar-refractivity contribution in [1.82, 2.24) is 0 Å². The summed E-state index contributed by atoms with van der Waals surface area (Å²) in [7, 11) is 7.35. The second-order valence-corrected chi connectivity index (χ2v) is 22.9. The van der Waals surface area contributed by atoms with Crippen LogP contribution in [0.1, 0.15) is 5.56 Å². The number of rotatable bonds is 4. The van der Waals surface area contributed by atoms with Gasteiger partial charge in [-0.25, -0.2) is 0 Å². The summed E-state index contributed by atoms with van der Waals surface area (Å²) in [5.74, 6) is 0. The Morgan fingerprint density at radius 2 is 0.952 bits per heavy atom. The van der Waals surface area contributed by atoms with Crippen LogP contribution >= 0.6 is 8.32 Å². The van der Waals surface area contributed by atoms with Gasteiger partial charge in [-0.2, -0.15) is 0 Å². The normalized spacial score (nSPS) is 11.3. The zero-order chi connectivity index (χ0) is 14.5. The first kappa shape index (κ1) is 14.8. The summed E-state index contributed by atoms with van der Waals surface area (Å²) < 4.78 is 3.69. The van der Waals surface area contributed by atoms with Crippen molar-refractivity contribution in [3.63, 3.8) is 0 Å². The van der Waals surface area contributed by atoms with E-state index in [0.29, 0.717) is 0 Å². The van der Waals surface area contributed by atoms with Crippen LogP contribution < -0.4 is 6.25 Å². The van der Waals surface area contributed by atoms with Gasteiger partial charge in [0.15, 0.2) is 0 Å². The summed E-state index contributed by atoms with van der Waals surface area (Å²) in [6.45, 7) is 0. The van der Waals surface area contributed by atoms with Gasteiger partial charge in [0, 0.05) is 0 Å². The first-order chi connectivity index (χ1) is 10.3. The fourth-order valence-electron chi connectivity index (χ4n) is 2.65. The van der Waals surface area contributed by atoms with Crippen molar-refractivity contribution < 1.29 is 0 Å². The number of halogens is 1. The van der Waals surface area contributed by atoms with Gasteiger partial charge < -0.3 is 0 Å². The van der Waals surface area contributed by atoms with E-state index in [4.69, 9.17) is 8.32 Å². The third kappa shape index (κ3) is 3.38. The molecule has 3 rings (SSSR count). The predicted molar refractivity (Wildman–Crippen MR) is 93.9 cm³/mol. The van der Waals surface area contributed by atoms with Gasteiger partial charge in [0.05, 0.1) is 0 Å². The molecule has 0 spiro atoms. The van der Waals surface area contributed by atoms with Crippen LogP contribution in [0.15, 0.2) is 91.0 Å². The van der Waals surface area contributed by atoms with E-state index < -0.39 is 19.9 Å². The molecule has 0 aliphatic heterocycles. The van der Waals surface area contributed by atoms with Crippen molar-refractivity contribution in [3.05, 3.63) is 96.6 Å². The fraction of sp³-hybridized carbons (Fsp3) is 0.0526. The van der Waals surface area contributed by atoms with E-state index in [1.165, 1.54) is 11.8 Å². The van der Waals surface area contributed by atoms with Crippen LogP contribution in [-0.2, 0) is 3.98 Å². The predicted octanol–water partition coefficient (Wildman–Crippen LogP) is 3.77. The van der Waals surface area contributed by atoms with E-state index in [-0.39, 0.29) is 0 Å². The van der Waals surface area contributed by atoms with Crippen LogP contribution in [0.4, 0.5) is 0 Å². The average Bonchev–Trinajstić information content (AvgIpc) is 2.57. The molecule has 0 radical (unpaired) electrons. The summed E-state index contributed by atoms with van der Waals surface area (Å²) in [4.78, 5) is 0. The summed E-state index contributed by atoms with van der Waals surface area (Å²) in [6, 6.07) is 31.9. The zero-order valence-electron chi connectivity index (χ0n) is 11.7. The summed E-state index contributed by atoms with van der Waals surface area (Å²) in [5, 5.41) is 0. The van der Waals surface area contributed by atoms with Gasteiger partial charge in [-0.15, -0.1) is 0 Å². The van der Waals surface area contributed by atoms with E-state index in [2.05, 4.69) is 91.0 Å². The first-order valence-corrected chi connectivity index (χ1v) is 18.6. The summed E-state index contributed by atoms with van der Waals surface area (Å²) in [5.41, 5.74) is 1.34. The molecule has 0 N–H and O–H groups in total. The third-order valence-electron chi connectivity index (χ3n) is 3.75. The minimum absolute atomic E-state index is 0.990. The molecule has 0 atom stereocenters. The van der Waals surface area contributed by atoms with E-state index in [0.717, 1.165) is 3.98 Å². The molecule has 0 saturated heterocycles. The van der Waals surface area contributed by atoms with Gasteiger partial charge in [0.1, 0.15) is 0 Å². The average molecular weight is 488 g/mol. The van der Waals surface area contributed by atoms with Crippen molar-refractivity contribution in [2.75, 3.05) is 0 Å². The molecular weight excluding hydrogens is 471 g/mol. The molecule has 0 nitrogen and oxygen atoms in total. The van der Waals surface area contributed by atoms with Crippen LogP contribution in [-0.4, -0.2) is 19.9 Å². The molecule has 2 heteroatoms. The van der Waals surface area contributed by atoms with Crippen molar-refractivity contribution in [1.29, 1.82) is 0 Å². The summed E-state index contributed by atoms with van der Waals surface area (Å²) >= 11 is -3.31. The van der Waals surface area contributed by atoms with Crippen LogP contribution in [0.2, 0.25) is 0 Å². The van der Waals surface area contributed by atoms with Crippen molar-refractivity contribution in [3.8, 4) is 0 Å². The van der Waals surface area contributed by atoms with Gasteiger partial charge in [0.25, 0.3) is 0 Å². The number of hydrogen-bond donors (Lipinski definition) is 0. The Morgan fingerprint density at radius 3 is 1.38 bits per heavy atom. The number of benzene rings is 3. The second kappa shape index (κ2) is 6.76. The first-order valence-electron chi connectivity index (χ1n) is 7.13. The van der Waals surface area contributed by atoms with E-state index in [1.54, 1.807) is 0 Å².